The minimum absolute atomic E-state index is 0.258. The molecule has 1 aliphatic heterocycles. The van der Waals surface area contributed by atoms with Crippen LogP contribution in [0.1, 0.15) is 30.2 Å². The molecule has 6 nitrogen and oxygen atoms in total. The highest BCUT2D eigenvalue weighted by Gasteiger charge is 2.23. The van der Waals surface area contributed by atoms with E-state index in [1.807, 2.05) is 44.2 Å². The van der Waals surface area contributed by atoms with Gasteiger partial charge in [0.15, 0.2) is 5.96 Å². The van der Waals surface area contributed by atoms with Gasteiger partial charge >= 0.3 is 0 Å². The molecule has 134 valence electrons. The van der Waals surface area contributed by atoms with E-state index >= 15 is 0 Å². The fraction of sp³-hybridized carbons (Fsp3) is 0.474. The molecule has 0 atom stereocenters. The van der Waals surface area contributed by atoms with E-state index < -0.39 is 0 Å². The molecule has 3 rings (SSSR count). The summed E-state index contributed by atoms with van der Waals surface area (Å²) in [4.78, 5) is 11.0. The van der Waals surface area contributed by atoms with E-state index in [4.69, 9.17) is 9.15 Å². The van der Waals surface area contributed by atoms with E-state index in [2.05, 4.69) is 20.2 Å². The van der Waals surface area contributed by atoms with E-state index in [9.17, 15) is 0 Å². The van der Waals surface area contributed by atoms with E-state index in [0.717, 1.165) is 49.1 Å². The number of ether oxygens (including phenoxy) is 1. The summed E-state index contributed by atoms with van der Waals surface area (Å²) >= 11 is 0. The Bertz CT molecular complexity index is 684. The van der Waals surface area contributed by atoms with E-state index in [-0.39, 0.29) is 6.10 Å². The molecule has 0 amide bonds. The molecule has 1 N–H and O–H groups in total. The monoisotopic (exact) mass is 342 g/mol. The van der Waals surface area contributed by atoms with Crippen molar-refractivity contribution >= 4 is 5.96 Å². The highest BCUT2D eigenvalue weighted by molar-refractivity contribution is 5.79. The zero-order valence-corrected chi connectivity index (χ0v) is 15.2. The number of oxazole rings is 1. The number of hydrogen-bond donors (Lipinski definition) is 1. The SMILES string of the molecule is CN=C(NCc1nc(C)c(C)o1)N1CCC(Oc2ccccc2)CC1. The minimum atomic E-state index is 0.258. The molecule has 6 heteroatoms. The van der Waals surface area contributed by atoms with Crippen LogP contribution in [-0.4, -0.2) is 42.1 Å². The van der Waals surface area contributed by atoms with Gasteiger partial charge in [-0.25, -0.2) is 4.98 Å². The zero-order chi connectivity index (χ0) is 17.6. The van der Waals surface area contributed by atoms with Gasteiger partial charge in [-0.05, 0) is 26.0 Å². The van der Waals surface area contributed by atoms with Gasteiger partial charge in [0.1, 0.15) is 17.6 Å². The standard InChI is InChI=1S/C19H26N4O2/c1-14-15(2)24-18(22-14)13-21-19(20-3)23-11-9-17(10-12-23)25-16-7-5-4-6-8-16/h4-8,17H,9-13H2,1-3H3,(H,20,21). The Morgan fingerprint density at radius 1 is 1.28 bits per heavy atom. The number of aliphatic imine (C=N–C) groups is 1. The molecule has 0 unspecified atom stereocenters. The third-order valence-corrected chi connectivity index (χ3v) is 4.47. The average molecular weight is 342 g/mol. The fourth-order valence-corrected chi connectivity index (χ4v) is 2.98. The Hall–Kier alpha value is -2.50. The quantitative estimate of drug-likeness (QED) is 0.684. The first-order valence-corrected chi connectivity index (χ1v) is 8.76. The van der Waals surface area contributed by atoms with Gasteiger partial charge in [-0.2, -0.15) is 0 Å². The van der Waals surface area contributed by atoms with Crippen LogP contribution < -0.4 is 10.1 Å². The molecule has 1 aromatic carbocycles. The van der Waals surface area contributed by atoms with Crippen LogP contribution >= 0.6 is 0 Å². The van der Waals surface area contributed by atoms with E-state index in [1.54, 1.807) is 7.05 Å². The van der Waals surface area contributed by atoms with Crippen molar-refractivity contribution in [2.24, 2.45) is 4.99 Å². The first-order chi connectivity index (χ1) is 12.2. The Kier molecular flexibility index (Phi) is 5.58. The summed E-state index contributed by atoms with van der Waals surface area (Å²) < 4.78 is 11.7. The largest absolute Gasteiger partial charge is 0.490 e. The van der Waals surface area contributed by atoms with Gasteiger partial charge in [-0.15, -0.1) is 0 Å². The lowest BCUT2D eigenvalue weighted by Gasteiger charge is -2.34. The van der Waals surface area contributed by atoms with Crippen molar-refractivity contribution in [3.63, 3.8) is 0 Å². The number of para-hydroxylation sites is 1. The summed E-state index contributed by atoms with van der Waals surface area (Å²) in [5.74, 6) is 3.38. The molecule has 1 fully saturated rings. The van der Waals surface area contributed by atoms with Crippen molar-refractivity contribution < 1.29 is 9.15 Å². The van der Waals surface area contributed by atoms with Gasteiger partial charge in [-0.3, -0.25) is 4.99 Å². The first-order valence-electron chi connectivity index (χ1n) is 8.76. The number of guanidine groups is 1. The molecule has 0 spiro atoms. The normalized spacial score (nSPS) is 16.1. The second-order valence-electron chi connectivity index (χ2n) is 6.27. The van der Waals surface area contributed by atoms with Crippen LogP contribution in [0.15, 0.2) is 39.7 Å². The maximum Gasteiger partial charge on any atom is 0.214 e. The topological polar surface area (TPSA) is 62.9 Å². The fourth-order valence-electron chi connectivity index (χ4n) is 2.98. The number of aromatic nitrogens is 1. The Balaban J connectivity index is 1.48. The molecule has 0 aliphatic carbocycles. The van der Waals surface area contributed by atoms with Crippen molar-refractivity contribution in [3.05, 3.63) is 47.7 Å². The van der Waals surface area contributed by atoms with Gasteiger partial charge in [0.2, 0.25) is 5.89 Å². The number of nitrogens with one attached hydrogen (secondary N) is 1. The summed E-state index contributed by atoms with van der Waals surface area (Å²) in [7, 11) is 1.81. The number of aryl methyl sites for hydroxylation is 2. The van der Waals surface area contributed by atoms with Crippen LogP contribution in [0.3, 0.4) is 0 Å². The molecule has 1 aromatic heterocycles. The van der Waals surface area contributed by atoms with Crippen LogP contribution in [0.2, 0.25) is 0 Å². The molecule has 1 aliphatic rings. The zero-order valence-electron chi connectivity index (χ0n) is 15.2. The lowest BCUT2D eigenvalue weighted by Crippen LogP contribution is -2.47. The maximum atomic E-state index is 6.05. The number of rotatable bonds is 4. The molecule has 1 saturated heterocycles. The van der Waals surface area contributed by atoms with E-state index in [1.165, 1.54) is 0 Å². The molecule has 0 radical (unpaired) electrons. The number of piperidine rings is 1. The van der Waals surface area contributed by atoms with Crippen molar-refractivity contribution in [3.8, 4) is 5.75 Å². The Morgan fingerprint density at radius 2 is 2.00 bits per heavy atom. The van der Waals surface area contributed by atoms with Crippen molar-refractivity contribution in [2.45, 2.75) is 39.3 Å². The van der Waals surface area contributed by atoms with Crippen molar-refractivity contribution in [1.82, 2.24) is 15.2 Å². The lowest BCUT2D eigenvalue weighted by atomic mass is 10.1. The maximum absolute atomic E-state index is 6.05. The third-order valence-electron chi connectivity index (χ3n) is 4.47. The van der Waals surface area contributed by atoms with Gasteiger partial charge in [0.05, 0.1) is 12.2 Å². The first kappa shape index (κ1) is 17.3. The summed E-state index contributed by atoms with van der Waals surface area (Å²) in [6.07, 6.45) is 2.22. The van der Waals surface area contributed by atoms with Crippen molar-refractivity contribution in [1.29, 1.82) is 0 Å². The molecule has 0 saturated carbocycles. The van der Waals surface area contributed by atoms with E-state index in [0.29, 0.717) is 12.4 Å². The number of nitrogens with zero attached hydrogens (tertiary/aromatic N) is 3. The highest BCUT2D eigenvalue weighted by atomic mass is 16.5. The molecule has 2 aromatic rings. The summed E-state index contributed by atoms with van der Waals surface area (Å²) in [5.41, 5.74) is 0.936. The van der Waals surface area contributed by atoms with Crippen LogP contribution in [-0.2, 0) is 6.54 Å². The number of likely N-dealkylation sites (tertiary alicyclic amines) is 1. The smallest absolute Gasteiger partial charge is 0.214 e. The second kappa shape index (κ2) is 8.05. The average Bonchev–Trinajstić information content (AvgIpc) is 2.95. The van der Waals surface area contributed by atoms with Gasteiger partial charge in [0, 0.05) is 33.0 Å². The second-order valence-corrected chi connectivity index (χ2v) is 6.27. The molecule has 2 heterocycles. The van der Waals surface area contributed by atoms with Crippen LogP contribution in [0, 0.1) is 13.8 Å². The minimum Gasteiger partial charge on any atom is -0.490 e. The predicted octanol–water partition coefficient (Wildman–Crippen LogP) is 2.91. The van der Waals surface area contributed by atoms with Gasteiger partial charge in [0.25, 0.3) is 0 Å². The third kappa shape index (κ3) is 4.53. The predicted molar refractivity (Wildman–Crippen MR) is 97.8 cm³/mol. The molecule has 25 heavy (non-hydrogen) atoms. The lowest BCUT2D eigenvalue weighted by molar-refractivity contribution is 0.129. The van der Waals surface area contributed by atoms with Gasteiger partial charge < -0.3 is 19.4 Å². The highest BCUT2D eigenvalue weighted by Crippen LogP contribution is 2.18. The Morgan fingerprint density at radius 3 is 2.60 bits per heavy atom. The number of hydrogen-bond acceptors (Lipinski definition) is 4. The summed E-state index contributed by atoms with van der Waals surface area (Å²) in [5, 5.41) is 3.34. The van der Waals surface area contributed by atoms with Gasteiger partial charge in [-0.1, -0.05) is 18.2 Å². The van der Waals surface area contributed by atoms with Crippen LogP contribution in [0.5, 0.6) is 5.75 Å². The molecular weight excluding hydrogens is 316 g/mol. The number of benzene rings is 1. The van der Waals surface area contributed by atoms with Crippen LogP contribution in [0.25, 0.3) is 0 Å². The summed E-state index contributed by atoms with van der Waals surface area (Å²) in [6, 6.07) is 10.0. The van der Waals surface area contributed by atoms with Crippen molar-refractivity contribution in [2.75, 3.05) is 20.1 Å². The van der Waals surface area contributed by atoms with Crippen LogP contribution in [0.4, 0.5) is 0 Å². The Labute approximate surface area is 148 Å². The summed E-state index contributed by atoms with van der Waals surface area (Å²) in [6.45, 7) is 6.26. The molecular formula is C19H26N4O2. The molecule has 0 bridgehead atoms.